The molecular weight excluding hydrogens is 318 g/mol. The molecule has 0 bridgehead atoms. The first kappa shape index (κ1) is 16.9. The lowest BCUT2D eigenvalue weighted by atomic mass is 10.1. The largest absolute Gasteiger partial charge is 0.318 e. The molecule has 1 unspecified atom stereocenters. The smallest absolute Gasteiger partial charge is 0.269 e. The number of rotatable bonds is 6. The third kappa shape index (κ3) is 3.59. The van der Waals surface area contributed by atoms with Gasteiger partial charge in [-0.2, -0.15) is 0 Å². The van der Waals surface area contributed by atoms with Crippen molar-refractivity contribution in [3.05, 3.63) is 88.5 Å². The van der Waals surface area contributed by atoms with Crippen molar-refractivity contribution < 1.29 is 9.72 Å². The van der Waals surface area contributed by atoms with Crippen LogP contribution in [0.1, 0.15) is 17.3 Å². The van der Waals surface area contributed by atoms with Gasteiger partial charge in [0.25, 0.3) is 5.69 Å². The molecule has 0 N–H and O–H groups in total. The van der Waals surface area contributed by atoms with E-state index in [4.69, 9.17) is 0 Å². The van der Waals surface area contributed by atoms with E-state index >= 15 is 0 Å². The van der Waals surface area contributed by atoms with Crippen molar-refractivity contribution in [2.45, 2.75) is 12.7 Å². The molecule has 0 spiro atoms. The van der Waals surface area contributed by atoms with Gasteiger partial charge in [0.1, 0.15) is 6.17 Å². The molecule has 1 aliphatic heterocycles. The van der Waals surface area contributed by atoms with Crippen LogP contribution in [-0.2, 0) is 11.3 Å². The van der Waals surface area contributed by atoms with Gasteiger partial charge in [-0.15, -0.1) is 6.58 Å². The number of amides is 1. The molecule has 1 heterocycles. The number of carbonyl (C=O) groups excluding carboxylic acids is 1. The molecular formula is C19H19N3O3. The lowest BCUT2D eigenvalue weighted by Crippen LogP contribution is -2.32. The summed E-state index contributed by atoms with van der Waals surface area (Å²) in [6.07, 6.45) is 1.44. The van der Waals surface area contributed by atoms with Crippen molar-refractivity contribution in [2.24, 2.45) is 0 Å². The highest BCUT2D eigenvalue weighted by molar-refractivity contribution is 5.81. The molecule has 1 saturated heterocycles. The highest BCUT2D eigenvalue weighted by Gasteiger charge is 2.38. The zero-order valence-corrected chi connectivity index (χ0v) is 13.7. The Morgan fingerprint density at radius 3 is 2.44 bits per heavy atom. The van der Waals surface area contributed by atoms with Gasteiger partial charge in [0.05, 0.1) is 11.5 Å². The molecule has 6 heteroatoms. The Bertz CT molecular complexity index is 774. The predicted octanol–water partition coefficient (Wildman–Crippen LogP) is 3.12. The second-order valence-electron chi connectivity index (χ2n) is 5.95. The molecule has 0 aromatic heterocycles. The van der Waals surface area contributed by atoms with E-state index in [2.05, 4.69) is 11.5 Å². The molecule has 0 saturated carbocycles. The zero-order chi connectivity index (χ0) is 17.8. The van der Waals surface area contributed by atoms with Crippen molar-refractivity contribution >= 4 is 11.6 Å². The average molecular weight is 337 g/mol. The average Bonchev–Trinajstić information content (AvgIpc) is 2.91. The number of nitro groups is 1. The molecule has 25 heavy (non-hydrogen) atoms. The minimum atomic E-state index is -0.424. The molecule has 6 nitrogen and oxygen atoms in total. The summed E-state index contributed by atoms with van der Waals surface area (Å²) in [7, 11) is 0. The fourth-order valence-electron chi connectivity index (χ4n) is 3.14. The first-order chi connectivity index (χ1) is 12.1. The lowest BCUT2D eigenvalue weighted by Gasteiger charge is -2.29. The van der Waals surface area contributed by atoms with E-state index in [1.54, 1.807) is 23.1 Å². The highest BCUT2D eigenvalue weighted by atomic mass is 16.6. The third-order valence-corrected chi connectivity index (χ3v) is 4.26. The van der Waals surface area contributed by atoms with E-state index in [1.165, 1.54) is 12.1 Å². The number of nitrogens with zero attached hydrogens (tertiary/aromatic N) is 3. The number of non-ortho nitro benzene ring substituents is 1. The van der Waals surface area contributed by atoms with Crippen LogP contribution in [0.2, 0.25) is 0 Å². The van der Waals surface area contributed by atoms with E-state index in [-0.39, 0.29) is 17.8 Å². The second kappa shape index (κ2) is 7.27. The molecule has 1 atom stereocenters. The molecule has 128 valence electrons. The molecule has 1 fully saturated rings. The van der Waals surface area contributed by atoms with Gasteiger partial charge < -0.3 is 4.90 Å². The van der Waals surface area contributed by atoms with Crippen LogP contribution < -0.4 is 0 Å². The predicted molar refractivity (Wildman–Crippen MR) is 94.6 cm³/mol. The Morgan fingerprint density at radius 2 is 1.84 bits per heavy atom. The summed E-state index contributed by atoms with van der Waals surface area (Å²) < 4.78 is 0. The summed E-state index contributed by atoms with van der Waals surface area (Å²) in [5.41, 5.74) is 2.01. The van der Waals surface area contributed by atoms with Gasteiger partial charge in [-0.25, -0.2) is 0 Å². The molecule has 1 amide bonds. The van der Waals surface area contributed by atoms with Crippen LogP contribution in [0.15, 0.2) is 67.3 Å². The summed E-state index contributed by atoms with van der Waals surface area (Å²) in [6.45, 7) is 5.10. The Labute approximate surface area is 146 Å². The summed E-state index contributed by atoms with van der Waals surface area (Å²) in [6, 6.07) is 16.3. The van der Waals surface area contributed by atoms with Gasteiger partial charge in [-0.05, 0) is 23.3 Å². The number of benzene rings is 2. The Hall–Kier alpha value is -2.99. The van der Waals surface area contributed by atoms with Crippen LogP contribution in [-0.4, -0.2) is 33.7 Å². The van der Waals surface area contributed by atoms with Gasteiger partial charge in [-0.3, -0.25) is 19.8 Å². The van der Waals surface area contributed by atoms with E-state index in [9.17, 15) is 14.9 Å². The maximum Gasteiger partial charge on any atom is 0.269 e. The van der Waals surface area contributed by atoms with Crippen LogP contribution in [0, 0.1) is 10.1 Å². The van der Waals surface area contributed by atoms with Gasteiger partial charge in [0.15, 0.2) is 0 Å². The van der Waals surface area contributed by atoms with Crippen LogP contribution in [0.5, 0.6) is 0 Å². The Balaban J connectivity index is 1.92. The van der Waals surface area contributed by atoms with Gasteiger partial charge in [0, 0.05) is 25.2 Å². The molecule has 2 aromatic carbocycles. The summed E-state index contributed by atoms with van der Waals surface area (Å²) in [5, 5.41) is 10.9. The van der Waals surface area contributed by atoms with Crippen molar-refractivity contribution in [3.8, 4) is 0 Å². The standard InChI is InChI=1S/C19H19N3O3/c1-2-12-21-18(23)14-20(13-15-6-4-3-5-7-15)19(21)16-8-10-17(11-9-16)22(24)25/h2-11,19H,1,12-14H2. The molecule has 0 radical (unpaired) electrons. The van der Waals surface area contributed by atoms with E-state index in [1.807, 2.05) is 30.3 Å². The molecule has 1 aliphatic rings. The molecule has 2 aromatic rings. The van der Waals surface area contributed by atoms with Crippen molar-refractivity contribution in [3.63, 3.8) is 0 Å². The molecule has 3 rings (SSSR count). The fraction of sp³-hybridized carbons (Fsp3) is 0.211. The van der Waals surface area contributed by atoms with E-state index < -0.39 is 4.92 Å². The third-order valence-electron chi connectivity index (χ3n) is 4.26. The van der Waals surface area contributed by atoms with Crippen molar-refractivity contribution in [1.82, 2.24) is 9.80 Å². The maximum atomic E-state index is 12.5. The minimum Gasteiger partial charge on any atom is -0.318 e. The maximum absolute atomic E-state index is 12.5. The zero-order valence-electron chi connectivity index (χ0n) is 13.7. The lowest BCUT2D eigenvalue weighted by molar-refractivity contribution is -0.384. The first-order valence-electron chi connectivity index (χ1n) is 8.03. The monoisotopic (exact) mass is 337 g/mol. The summed E-state index contributed by atoms with van der Waals surface area (Å²) >= 11 is 0. The highest BCUT2D eigenvalue weighted by Crippen LogP contribution is 2.32. The van der Waals surface area contributed by atoms with Gasteiger partial charge >= 0.3 is 0 Å². The molecule has 0 aliphatic carbocycles. The van der Waals surface area contributed by atoms with Crippen LogP contribution in [0.25, 0.3) is 0 Å². The van der Waals surface area contributed by atoms with Crippen LogP contribution in [0.4, 0.5) is 5.69 Å². The summed E-state index contributed by atoms with van der Waals surface area (Å²) in [5.74, 6) is 0.0270. The quantitative estimate of drug-likeness (QED) is 0.461. The number of carbonyl (C=O) groups is 1. The number of hydrogen-bond acceptors (Lipinski definition) is 4. The number of nitro benzene ring substituents is 1. The van der Waals surface area contributed by atoms with Gasteiger partial charge in [-0.1, -0.05) is 36.4 Å². The summed E-state index contributed by atoms with van der Waals surface area (Å²) in [4.78, 5) is 26.7. The minimum absolute atomic E-state index is 0.0270. The normalized spacial score (nSPS) is 17.7. The van der Waals surface area contributed by atoms with E-state index in [0.29, 0.717) is 19.6 Å². The Kier molecular flexibility index (Phi) is 4.90. The van der Waals surface area contributed by atoms with Crippen molar-refractivity contribution in [2.75, 3.05) is 13.1 Å². The van der Waals surface area contributed by atoms with Crippen LogP contribution >= 0.6 is 0 Å². The van der Waals surface area contributed by atoms with E-state index in [0.717, 1.165) is 11.1 Å². The second-order valence-corrected chi connectivity index (χ2v) is 5.95. The first-order valence-corrected chi connectivity index (χ1v) is 8.03. The van der Waals surface area contributed by atoms with Crippen molar-refractivity contribution in [1.29, 1.82) is 0 Å². The topological polar surface area (TPSA) is 66.7 Å². The SMILES string of the molecule is C=CCN1C(=O)CN(Cc2ccccc2)C1c1ccc([N+](=O)[O-])cc1. The van der Waals surface area contributed by atoms with Gasteiger partial charge in [0.2, 0.25) is 5.91 Å². The fourth-order valence-corrected chi connectivity index (χ4v) is 3.14. The Morgan fingerprint density at radius 1 is 1.16 bits per heavy atom. The van der Waals surface area contributed by atoms with Crippen LogP contribution in [0.3, 0.4) is 0 Å². The number of hydrogen-bond donors (Lipinski definition) is 0.